The Bertz CT molecular complexity index is 277. The molecule has 84 valence electrons. The van der Waals surface area contributed by atoms with Gasteiger partial charge in [0.15, 0.2) is 0 Å². The summed E-state index contributed by atoms with van der Waals surface area (Å²) in [6.07, 6.45) is 2.51. The van der Waals surface area contributed by atoms with E-state index in [1.807, 2.05) is 7.05 Å². The molecule has 0 N–H and O–H groups in total. The Hall–Kier alpha value is -0.910. The molecule has 2 rings (SSSR count). The first-order valence-electron chi connectivity index (χ1n) is 4.78. The Balaban J connectivity index is 0.000000151. The number of likely N-dealkylation sites (tertiary alicyclic amines) is 1. The Morgan fingerprint density at radius 1 is 1.00 bits per heavy atom. The average molecular weight is 277 g/mol. The van der Waals surface area contributed by atoms with E-state index in [0.717, 1.165) is 23.3 Å². The number of rotatable bonds is 0. The molecule has 0 bridgehead atoms. The van der Waals surface area contributed by atoms with Gasteiger partial charge in [0, 0.05) is 32.9 Å². The molecular formula is C9H13BrN2O3. The SMILES string of the molecule is CN1CCCC1=O.O=C1CCC(=O)N1Br. The van der Waals surface area contributed by atoms with E-state index in [-0.39, 0.29) is 11.8 Å². The molecule has 0 aromatic carbocycles. The summed E-state index contributed by atoms with van der Waals surface area (Å²) in [4.78, 5) is 33.1. The highest BCUT2D eigenvalue weighted by Gasteiger charge is 2.26. The maximum Gasteiger partial charge on any atom is 0.239 e. The number of halogens is 1. The summed E-state index contributed by atoms with van der Waals surface area (Å²) in [6.45, 7) is 0.957. The van der Waals surface area contributed by atoms with Gasteiger partial charge in [-0.2, -0.15) is 0 Å². The molecule has 0 saturated carbocycles. The van der Waals surface area contributed by atoms with Crippen molar-refractivity contribution in [1.29, 1.82) is 0 Å². The van der Waals surface area contributed by atoms with Crippen LogP contribution in [-0.4, -0.2) is 40.1 Å². The molecule has 2 aliphatic rings. The smallest absolute Gasteiger partial charge is 0.239 e. The van der Waals surface area contributed by atoms with Gasteiger partial charge >= 0.3 is 0 Å². The van der Waals surface area contributed by atoms with Crippen LogP contribution in [0.15, 0.2) is 0 Å². The van der Waals surface area contributed by atoms with Crippen LogP contribution in [-0.2, 0) is 14.4 Å². The van der Waals surface area contributed by atoms with E-state index in [1.54, 1.807) is 4.90 Å². The predicted molar refractivity (Wildman–Crippen MR) is 56.9 cm³/mol. The summed E-state index contributed by atoms with van der Waals surface area (Å²) in [5.74, 6) is 0.00463. The fraction of sp³-hybridized carbons (Fsp3) is 0.667. The third kappa shape index (κ3) is 3.30. The molecular weight excluding hydrogens is 264 g/mol. The van der Waals surface area contributed by atoms with Crippen molar-refractivity contribution in [2.24, 2.45) is 0 Å². The lowest BCUT2D eigenvalue weighted by Crippen LogP contribution is -2.17. The summed E-state index contributed by atoms with van der Waals surface area (Å²) >= 11 is 2.80. The van der Waals surface area contributed by atoms with Crippen molar-refractivity contribution in [2.75, 3.05) is 13.6 Å². The number of imide groups is 1. The van der Waals surface area contributed by atoms with Crippen LogP contribution in [0.4, 0.5) is 0 Å². The monoisotopic (exact) mass is 276 g/mol. The van der Waals surface area contributed by atoms with Gasteiger partial charge in [-0.3, -0.25) is 14.4 Å². The Morgan fingerprint density at radius 3 is 1.67 bits per heavy atom. The summed E-state index contributed by atoms with van der Waals surface area (Å²) < 4.78 is 0.979. The number of carbonyl (C=O) groups is 3. The highest BCUT2D eigenvalue weighted by molar-refractivity contribution is 9.08. The number of hydrogen-bond donors (Lipinski definition) is 0. The average Bonchev–Trinajstić information content (AvgIpc) is 2.70. The number of amides is 3. The Kier molecular flexibility index (Phi) is 4.26. The molecule has 15 heavy (non-hydrogen) atoms. The maximum absolute atomic E-state index is 10.5. The zero-order valence-electron chi connectivity index (χ0n) is 8.53. The maximum atomic E-state index is 10.5. The van der Waals surface area contributed by atoms with Crippen LogP contribution >= 0.6 is 16.1 Å². The van der Waals surface area contributed by atoms with Crippen molar-refractivity contribution < 1.29 is 14.4 Å². The molecule has 3 amide bonds. The lowest BCUT2D eigenvalue weighted by atomic mass is 10.4. The summed E-state index contributed by atoms with van der Waals surface area (Å²) in [5.41, 5.74) is 0. The van der Waals surface area contributed by atoms with Gasteiger partial charge in [0.25, 0.3) is 0 Å². The van der Waals surface area contributed by atoms with Crippen molar-refractivity contribution in [1.82, 2.24) is 8.83 Å². The molecule has 0 radical (unpaired) electrons. The molecule has 0 aliphatic carbocycles. The van der Waals surface area contributed by atoms with E-state index in [4.69, 9.17) is 0 Å². The zero-order chi connectivity index (χ0) is 11.4. The lowest BCUT2D eigenvalue weighted by molar-refractivity contribution is -0.131. The Morgan fingerprint density at radius 2 is 1.53 bits per heavy atom. The molecule has 0 unspecified atom stereocenters. The number of hydrogen-bond acceptors (Lipinski definition) is 3. The highest BCUT2D eigenvalue weighted by Crippen LogP contribution is 2.14. The van der Waals surface area contributed by atoms with E-state index < -0.39 is 0 Å². The molecule has 2 heterocycles. The molecule has 2 fully saturated rings. The highest BCUT2D eigenvalue weighted by atomic mass is 79.9. The van der Waals surface area contributed by atoms with Crippen LogP contribution in [0.25, 0.3) is 0 Å². The minimum absolute atomic E-state index is 0.144. The van der Waals surface area contributed by atoms with Crippen molar-refractivity contribution in [3.63, 3.8) is 0 Å². The van der Waals surface area contributed by atoms with Crippen molar-refractivity contribution in [3.05, 3.63) is 0 Å². The van der Waals surface area contributed by atoms with E-state index in [1.165, 1.54) is 0 Å². The topological polar surface area (TPSA) is 57.7 Å². The number of nitrogens with zero attached hydrogens (tertiary/aromatic N) is 2. The van der Waals surface area contributed by atoms with Gasteiger partial charge in [-0.05, 0) is 6.42 Å². The van der Waals surface area contributed by atoms with Crippen LogP contribution in [0.2, 0.25) is 0 Å². The second kappa shape index (κ2) is 5.25. The minimum atomic E-state index is -0.144. The summed E-state index contributed by atoms with van der Waals surface area (Å²) in [7, 11) is 1.84. The molecule has 0 atom stereocenters. The van der Waals surface area contributed by atoms with Gasteiger partial charge in [0.1, 0.15) is 0 Å². The summed E-state index contributed by atoms with van der Waals surface area (Å²) in [5, 5.41) is 0. The van der Waals surface area contributed by atoms with E-state index >= 15 is 0 Å². The zero-order valence-corrected chi connectivity index (χ0v) is 10.1. The lowest BCUT2D eigenvalue weighted by Gasteiger charge is -2.03. The molecule has 0 aromatic heterocycles. The van der Waals surface area contributed by atoms with Gasteiger partial charge in [-0.25, -0.2) is 3.93 Å². The van der Waals surface area contributed by atoms with Gasteiger partial charge in [-0.15, -0.1) is 0 Å². The second-order valence-corrected chi connectivity index (χ2v) is 4.20. The third-order valence-electron chi connectivity index (χ3n) is 2.30. The first-order chi connectivity index (χ1) is 7.02. The van der Waals surface area contributed by atoms with Crippen LogP contribution in [0.1, 0.15) is 25.7 Å². The van der Waals surface area contributed by atoms with Crippen LogP contribution < -0.4 is 0 Å². The van der Waals surface area contributed by atoms with E-state index in [9.17, 15) is 14.4 Å². The normalized spacial score (nSPS) is 20.8. The van der Waals surface area contributed by atoms with E-state index in [2.05, 4.69) is 16.1 Å². The van der Waals surface area contributed by atoms with Crippen LogP contribution in [0.5, 0.6) is 0 Å². The molecule has 0 spiro atoms. The van der Waals surface area contributed by atoms with Crippen LogP contribution in [0, 0.1) is 0 Å². The van der Waals surface area contributed by atoms with Gasteiger partial charge in [0.2, 0.25) is 17.7 Å². The fourth-order valence-electron chi connectivity index (χ4n) is 1.33. The first kappa shape index (κ1) is 12.2. The molecule has 6 heteroatoms. The van der Waals surface area contributed by atoms with Gasteiger partial charge < -0.3 is 4.90 Å². The molecule has 2 saturated heterocycles. The van der Waals surface area contributed by atoms with Gasteiger partial charge in [0.05, 0.1) is 16.1 Å². The second-order valence-electron chi connectivity index (χ2n) is 3.49. The van der Waals surface area contributed by atoms with Crippen molar-refractivity contribution in [3.8, 4) is 0 Å². The first-order valence-corrected chi connectivity index (χ1v) is 5.49. The molecule has 0 aromatic rings. The fourth-order valence-corrected chi connectivity index (χ4v) is 1.69. The molecule has 2 aliphatic heterocycles. The van der Waals surface area contributed by atoms with Crippen molar-refractivity contribution >= 4 is 33.9 Å². The predicted octanol–water partition coefficient (Wildman–Crippen LogP) is 0.684. The minimum Gasteiger partial charge on any atom is -0.346 e. The quantitative estimate of drug-likeness (QED) is 0.483. The Labute approximate surface area is 96.7 Å². The van der Waals surface area contributed by atoms with Gasteiger partial charge in [-0.1, -0.05) is 0 Å². The van der Waals surface area contributed by atoms with E-state index in [0.29, 0.717) is 18.7 Å². The number of carbonyl (C=O) groups excluding carboxylic acids is 3. The van der Waals surface area contributed by atoms with Crippen LogP contribution in [0.3, 0.4) is 0 Å². The standard InChI is InChI=1S/C5H9NO.C4H4BrNO2/c1-6-4-2-3-5(6)7;5-6-3(7)1-2-4(6)8/h2-4H2,1H3;1-2H2. The third-order valence-corrected chi connectivity index (χ3v) is 3.09. The van der Waals surface area contributed by atoms with Crippen molar-refractivity contribution in [2.45, 2.75) is 25.7 Å². The molecule has 5 nitrogen and oxygen atoms in total. The summed E-state index contributed by atoms with van der Waals surface area (Å²) in [6, 6.07) is 0. The largest absolute Gasteiger partial charge is 0.346 e.